The van der Waals surface area contributed by atoms with Gasteiger partial charge in [0.15, 0.2) is 0 Å². The summed E-state index contributed by atoms with van der Waals surface area (Å²) in [6, 6.07) is 5.65. The minimum Gasteiger partial charge on any atom is -0.491 e. The summed E-state index contributed by atoms with van der Waals surface area (Å²) < 4.78 is 16.5. The van der Waals surface area contributed by atoms with E-state index in [4.69, 9.17) is 10.5 Å². The number of rotatable bonds is 7. The highest BCUT2D eigenvalue weighted by molar-refractivity contribution is 7.84. The molecule has 0 bridgehead atoms. The number of hydrogen-bond donors (Lipinski definition) is 2. The van der Waals surface area contributed by atoms with Gasteiger partial charge < -0.3 is 15.8 Å². The molecule has 1 aromatic carbocycles. The maximum absolute atomic E-state index is 10.9. The number of anilines is 2. The lowest BCUT2D eigenvalue weighted by atomic mass is 10.2. The molecular weight excluding hydrogens is 236 g/mol. The summed E-state index contributed by atoms with van der Waals surface area (Å²) in [7, 11) is -0.791. The molecule has 0 amide bonds. The fourth-order valence-corrected chi connectivity index (χ4v) is 1.76. The van der Waals surface area contributed by atoms with Crippen LogP contribution in [0.15, 0.2) is 18.2 Å². The molecule has 0 aromatic heterocycles. The van der Waals surface area contributed by atoms with Gasteiger partial charge >= 0.3 is 0 Å². The molecule has 0 radical (unpaired) electrons. The molecule has 0 saturated carbocycles. The van der Waals surface area contributed by atoms with Gasteiger partial charge in [0.1, 0.15) is 5.75 Å². The van der Waals surface area contributed by atoms with E-state index < -0.39 is 10.8 Å². The van der Waals surface area contributed by atoms with E-state index in [0.29, 0.717) is 30.3 Å². The summed E-state index contributed by atoms with van der Waals surface area (Å²) in [4.78, 5) is 0. The van der Waals surface area contributed by atoms with Crippen LogP contribution in [0.25, 0.3) is 0 Å². The first-order valence-corrected chi connectivity index (χ1v) is 7.43. The van der Waals surface area contributed by atoms with Gasteiger partial charge in [-0.05, 0) is 18.6 Å². The molecular formula is C12H20N2O2S. The Morgan fingerprint density at radius 2 is 2.24 bits per heavy atom. The molecule has 1 unspecified atom stereocenters. The zero-order chi connectivity index (χ0) is 12.7. The van der Waals surface area contributed by atoms with Crippen molar-refractivity contribution in [2.45, 2.75) is 13.3 Å². The van der Waals surface area contributed by atoms with E-state index in [-0.39, 0.29) is 0 Å². The Bertz CT molecular complexity index is 383. The van der Waals surface area contributed by atoms with E-state index in [1.54, 1.807) is 6.26 Å². The van der Waals surface area contributed by atoms with Crippen LogP contribution in [-0.2, 0) is 10.8 Å². The van der Waals surface area contributed by atoms with Crippen molar-refractivity contribution >= 4 is 22.2 Å². The molecule has 0 fully saturated rings. The fourth-order valence-electron chi connectivity index (χ4n) is 1.37. The maximum atomic E-state index is 10.9. The first-order chi connectivity index (χ1) is 8.15. The van der Waals surface area contributed by atoms with Gasteiger partial charge in [0.2, 0.25) is 0 Å². The van der Waals surface area contributed by atoms with Crippen molar-refractivity contribution in [1.29, 1.82) is 0 Å². The second kappa shape index (κ2) is 7.17. The summed E-state index contributed by atoms with van der Waals surface area (Å²) in [5, 5.41) is 3.16. The van der Waals surface area contributed by atoms with Crippen molar-refractivity contribution in [1.82, 2.24) is 0 Å². The van der Waals surface area contributed by atoms with Crippen molar-refractivity contribution in [3.05, 3.63) is 18.2 Å². The SMILES string of the molecule is CCCOc1cccc(NCCS(C)=O)c1N. The van der Waals surface area contributed by atoms with Crippen molar-refractivity contribution in [3.8, 4) is 5.75 Å². The predicted molar refractivity (Wildman–Crippen MR) is 74.1 cm³/mol. The van der Waals surface area contributed by atoms with Gasteiger partial charge in [-0.3, -0.25) is 4.21 Å². The summed E-state index contributed by atoms with van der Waals surface area (Å²) in [5.74, 6) is 1.31. The van der Waals surface area contributed by atoms with E-state index in [2.05, 4.69) is 12.2 Å². The number of nitrogens with one attached hydrogen (secondary N) is 1. The zero-order valence-corrected chi connectivity index (χ0v) is 11.2. The van der Waals surface area contributed by atoms with Crippen LogP contribution in [0.2, 0.25) is 0 Å². The monoisotopic (exact) mass is 256 g/mol. The van der Waals surface area contributed by atoms with E-state index in [9.17, 15) is 4.21 Å². The Hall–Kier alpha value is -1.23. The van der Waals surface area contributed by atoms with Gasteiger partial charge in [-0.25, -0.2) is 0 Å². The summed E-state index contributed by atoms with van der Waals surface area (Å²) in [6.07, 6.45) is 2.64. The van der Waals surface area contributed by atoms with Crippen LogP contribution in [0.1, 0.15) is 13.3 Å². The lowest BCUT2D eigenvalue weighted by Gasteiger charge is -2.13. The van der Waals surface area contributed by atoms with Crippen LogP contribution in [0.4, 0.5) is 11.4 Å². The standard InChI is InChI=1S/C12H20N2O2S/c1-3-8-16-11-6-4-5-10(12(11)13)14-7-9-17(2)15/h4-6,14H,3,7-9,13H2,1-2H3. The van der Waals surface area contributed by atoms with Gasteiger partial charge in [-0.15, -0.1) is 0 Å². The molecule has 1 atom stereocenters. The largest absolute Gasteiger partial charge is 0.491 e. The van der Waals surface area contributed by atoms with E-state index in [1.165, 1.54) is 0 Å². The molecule has 17 heavy (non-hydrogen) atoms. The lowest BCUT2D eigenvalue weighted by Crippen LogP contribution is -2.11. The second-order valence-electron chi connectivity index (χ2n) is 3.77. The molecule has 3 N–H and O–H groups in total. The fraction of sp³-hybridized carbons (Fsp3) is 0.500. The number of ether oxygens (including phenoxy) is 1. The Morgan fingerprint density at radius 3 is 2.88 bits per heavy atom. The van der Waals surface area contributed by atoms with Crippen LogP contribution in [-0.4, -0.2) is 29.4 Å². The highest BCUT2D eigenvalue weighted by Gasteiger charge is 2.05. The molecule has 96 valence electrons. The third-order valence-corrected chi connectivity index (χ3v) is 3.01. The van der Waals surface area contributed by atoms with Gasteiger partial charge in [0, 0.05) is 29.4 Å². The molecule has 0 spiro atoms. The third-order valence-electron chi connectivity index (χ3n) is 2.23. The van der Waals surface area contributed by atoms with E-state index >= 15 is 0 Å². The average Bonchev–Trinajstić information content (AvgIpc) is 2.29. The molecule has 5 heteroatoms. The molecule has 1 rings (SSSR count). The van der Waals surface area contributed by atoms with Gasteiger partial charge in [-0.2, -0.15) is 0 Å². The third kappa shape index (κ3) is 4.65. The minimum absolute atomic E-state index is 0.611. The van der Waals surface area contributed by atoms with Gasteiger partial charge in [-0.1, -0.05) is 13.0 Å². The molecule has 4 nitrogen and oxygen atoms in total. The second-order valence-corrected chi connectivity index (χ2v) is 5.32. The van der Waals surface area contributed by atoms with E-state index in [0.717, 1.165) is 12.1 Å². The number of nitrogen functional groups attached to an aromatic ring is 1. The minimum atomic E-state index is -0.791. The van der Waals surface area contributed by atoms with Gasteiger partial charge in [0.05, 0.1) is 18.0 Å². The van der Waals surface area contributed by atoms with Crippen molar-refractivity contribution in [2.24, 2.45) is 0 Å². The summed E-state index contributed by atoms with van der Waals surface area (Å²) in [5.41, 5.74) is 7.43. The van der Waals surface area contributed by atoms with Crippen LogP contribution < -0.4 is 15.8 Å². The smallest absolute Gasteiger partial charge is 0.144 e. The lowest BCUT2D eigenvalue weighted by molar-refractivity contribution is 0.319. The Labute approximate surface area is 105 Å². The average molecular weight is 256 g/mol. The Morgan fingerprint density at radius 1 is 1.47 bits per heavy atom. The van der Waals surface area contributed by atoms with Crippen molar-refractivity contribution in [3.63, 3.8) is 0 Å². The van der Waals surface area contributed by atoms with Gasteiger partial charge in [0.25, 0.3) is 0 Å². The first-order valence-electron chi connectivity index (χ1n) is 5.70. The topological polar surface area (TPSA) is 64.3 Å². The molecule has 0 aliphatic heterocycles. The highest BCUT2D eigenvalue weighted by Crippen LogP contribution is 2.29. The molecule has 0 aliphatic rings. The Balaban J connectivity index is 2.62. The van der Waals surface area contributed by atoms with Crippen molar-refractivity contribution < 1.29 is 8.95 Å². The van der Waals surface area contributed by atoms with E-state index in [1.807, 2.05) is 18.2 Å². The maximum Gasteiger partial charge on any atom is 0.144 e. The zero-order valence-electron chi connectivity index (χ0n) is 10.4. The van der Waals surface area contributed by atoms with Crippen molar-refractivity contribution in [2.75, 3.05) is 36.2 Å². The number of para-hydroxylation sites is 1. The molecule has 0 heterocycles. The Kier molecular flexibility index (Phi) is 5.83. The predicted octanol–water partition coefficient (Wildman–Crippen LogP) is 1.85. The van der Waals surface area contributed by atoms with Crippen LogP contribution in [0, 0.1) is 0 Å². The number of hydrogen-bond acceptors (Lipinski definition) is 4. The quantitative estimate of drug-likeness (QED) is 0.731. The summed E-state index contributed by atoms with van der Waals surface area (Å²) >= 11 is 0. The molecule has 0 aliphatic carbocycles. The normalized spacial score (nSPS) is 12.1. The number of benzene rings is 1. The van der Waals surface area contributed by atoms with Crippen LogP contribution in [0.5, 0.6) is 5.75 Å². The molecule has 1 aromatic rings. The first kappa shape index (κ1) is 13.8. The highest BCUT2D eigenvalue weighted by atomic mass is 32.2. The summed E-state index contributed by atoms with van der Waals surface area (Å²) in [6.45, 7) is 3.35. The number of nitrogens with two attached hydrogens (primary N) is 1. The van der Waals surface area contributed by atoms with Crippen LogP contribution >= 0.6 is 0 Å². The molecule has 0 saturated heterocycles. The van der Waals surface area contributed by atoms with Crippen LogP contribution in [0.3, 0.4) is 0 Å².